The largest absolute Gasteiger partial charge is 0.480 e. The minimum absolute atomic E-state index is 0.0950. The average molecular weight is 399 g/mol. The lowest BCUT2D eigenvalue weighted by Crippen LogP contribution is -2.55. The number of nitrogens with zero attached hydrogens (tertiary/aromatic N) is 2. The molecule has 0 saturated heterocycles. The van der Waals surface area contributed by atoms with Crippen molar-refractivity contribution < 1.29 is 14.7 Å². The Morgan fingerprint density at radius 2 is 2.03 bits per heavy atom. The van der Waals surface area contributed by atoms with E-state index >= 15 is 0 Å². The fourth-order valence-electron chi connectivity index (χ4n) is 4.22. The van der Waals surface area contributed by atoms with Crippen molar-refractivity contribution in [3.05, 3.63) is 30.5 Å². The van der Waals surface area contributed by atoms with Crippen LogP contribution in [0.15, 0.2) is 30.5 Å². The van der Waals surface area contributed by atoms with Crippen molar-refractivity contribution in [2.45, 2.75) is 57.7 Å². The Morgan fingerprint density at radius 3 is 2.72 bits per heavy atom. The van der Waals surface area contributed by atoms with Crippen molar-refractivity contribution in [1.82, 2.24) is 14.8 Å². The molecule has 0 atom stereocenters. The van der Waals surface area contributed by atoms with Crippen LogP contribution in [-0.4, -0.2) is 51.7 Å². The van der Waals surface area contributed by atoms with E-state index in [1.54, 1.807) is 0 Å². The van der Waals surface area contributed by atoms with Gasteiger partial charge in [0.05, 0.1) is 6.54 Å². The second-order valence-corrected chi connectivity index (χ2v) is 8.47. The number of aryl methyl sites for hydroxylation is 1. The maximum atomic E-state index is 12.4. The lowest BCUT2D eigenvalue weighted by Gasteiger charge is -2.42. The molecule has 1 heterocycles. The molecule has 29 heavy (non-hydrogen) atoms. The number of nitrogens with one attached hydrogen (secondary N) is 2. The van der Waals surface area contributed by atoms with Crippen LogP contribution in [0.25, 0.3) is 10.9 Å². The topological polar surface area (TPSA) is 86.6 Å². The number of urea groups is 1. The standard InChI is InChI=1S/C22H30N4O3/c1-2-8-25-9-7-16-10-17(5-6-20(16)25)23-22(29)24-18-11-19(12-18)26(14-21(27)28)13-15-3-4-15/h5-7,9-10,15,18-19H,2-4,8,11-14H2,1H3,(H,27,28)(H2,23,24,29). The van der Waals surface area contributed by atoms with Crippen LogP contribution in [0.4, 0.5) is 10.5 Å². The average Bonchev–Trinajstić information content (AvgIpc) is 3.36. The Bertz CT molecular complexity index is 883. The number of aliphatic carboxylic acids is 1. The number of aromatic nitrogens is 1. The van der Waals surface area contributed by atoms with Gasteiger partial charge in [0, 0.05) is 48.0 Å². The number of fused-ring (bicyclic) bond motifs is 1. The van der Waals surface area contributed by atoms with Gasteiger partial charge in [0.1, 0.15) is 0 Å². The summed E-state index contributed by atoms with van der Waals surface area (Å²) in [4.78, 5) is 25.6. The first kappa shape index (κ1) is 19.8. The highest BCUT2D eigenvalue weighted by Crippen LogP contribution is 2.33. The predicted molar refractivity (Wildman–Crippen MR) is 113 cm³/mol. The van der Waals surface area contributed by atoms with Gasteiger partial charge in [-0.2, -0.15) is 0 Å². The van der Waals surface area contributed by atoms with Crippen LogP contribution in [0.3, 0.4) is 0 Å². The Hall–Kier alpha value is -2.54. The van der Waals surface area contributed by atoms with E-state index in [4.69, 9.17) is 5.11 Å². The highest BCUT2D eigenvalue weighted by atomic mass is 16.4. The molecule has 1 aromatic carbocycles. The van der Waals surface area contributed by atoms with E-state index in [1.807, 2.05) is 18.2 Å². The minimum Gasteiger partial charge on any atom is -0.480 e. The zero-order chi connectivity index (χ0) is 20.4. The summed E-state index contributed by atoms with van der Waals surface area (Å²) in [6, 6.07) is 8.20. The molecule has 2 aliphatic carbocycles. The van der Waals surface area contributed by atoms with E-state index in [1.165, 1.54) is 18.4 Å². The number of hydrogen-bond acceptors (Lipinski definition) is 3. The molecule has 2 saturated carbocycles. The van der Waals surface area contributed by atoms with Crippen LogP contribution in [-0.2, 0) is 11.3 Å². The summed E-state index contributed by atoms with van der Waals surface area (Å²) in [5.41, 5.74) is 1.95. The molecule has 156 valence electrons. The molecule has 1 aromatic heterocycles. The van der Waals surface area contributed by atoms with Crippen LogP contribution in [0.5, 0.6) is 0 Å². The molecule has 2 aromatic rings. The quantitative estimate of drug-likeness (QED) is 0.603. The summed E-state index contributed by atoms with van der Waals surface area (Å²) in [7, 11) is 0. The van der Waals surface area contributed by atoms with Crippen molar-refractivity contribution in [2.75, 3.05) is 18.4 Å². The van der Waals surface area contributed by atoms with E-state index in [9.17, 15) is 9.59 Å². The molecule has 2 aliphatic rings. The summed E-state index contributed by atoms with van der Waals surface area (Å²) in [6.07, 6.45) is 7.20. The monoisotopic (exact) mass is 398 g/mol. The fourth-order valence-corrected chi connectivity index (χ4v) is 4.22. The van der Waals surface area contributed by atoms with Crippen LogP contribution in [0.1, 0.15) is 39.0 Å². The van der Waals surface area contributed by atoms with Crippen molar-refractivity contribution in [3.63, 3.8) is 0 Å². The van der Waals surface area contributed by atoms with Crippen LogP contribution in [0, 0.1) is 5.92 Å². The van der Waals surface area contributed by atoms with Gasteiger partial charge in [-0.25, -0.2) is 4.79 Å². The molecule has 3 N–H and O–H groups in total. The van der Waals surface area contributed by atoms with Gasteiger partial charge >= 0.3 is 12.0 Å². The SMILES string of the molecule is CCCn1ccc2cc(NC(=O)NC3CC(N(CC(=O)O)CC4CC4)C3)ccc21. The molecule has 0 unspecified atom stereocenters. The molecule has 4 rings (SSSR count). The van der Waals surface area contributed by atoms with Gasteiger partial charge in [0.25, 0.3) is 0 Å². The van der Waals surface area contributed by atoms with Crippen LogP contribution < -0.4 is 10.6 Å². The highest BCUT2D eigenvalue weighted by Gasteiger charge is 2.37. The maximum Gasteiger partial charge on any atom is 0.319 e. The number of benzene rings is 1. The van der Waals surface area contributed by atoms with Crippen molar-refractivity contribution in [2.24, 2.45) is 5.92 Å². The Kier molecular flexibility index (Phi) is 5.76. The number of anilines is 1. The van der Waals surface area contributed by atoms with E-state index in [-0.39, 0.29) is 24.7 Å². The lowest BCUT2D eigenvalue weighted by atomic mass is 9.85. The fraction of sp³-hybridized carbons (Fsp3) is 0.545. The van der Waals surface area contributed by atoms with Gasteiger partial charge in [-0.15, -0.1) is 0 Å². The third kappa shape index (κ3) is 4.90. The maximum absolute atomic E-state index is 12.4. The van der Waals surface area contributed by atoms with Gasteiger partial charge < -0.3 is 20.3 Å². The first-order chi connectivity index (χ1) is 14.0. The minimum atomic E-state index is -0.775. The zero-order valence-electron chi connectivity index (χ0n) is 16.9. The third-order valence-electron chi connectivity index (χ3n) is 5.99. The lowest BCUT2D eigenvalue weighted by molar-refractivity contribution is -0.139. The Balaban J connectivity index is 1.27. The molecule has 0 aliphatic heterocycles. The van der Waals surface area contributed by atoms with Crippen molar-refractivity contribution >= 4 is 28.6 Å². The number of carbonyl (C=O) groups is 2. The molecule has 2 amide bonds. The summed E-state index contributed by atoms with van der Waals surface area (Å²) in [5, 5.41) is 16.2. The molecular weight excluding hydrogens is 368 g/mol. The van der Waals surface area contributed by atoms with Gasteiger partial charge in [0.2, 0.25) is 0 Å². The zero-order valence-corrected chi connectivity index (χ0v) is 16.9. The molecular formula is C22H30N4O3. The summed E-state index contributed by atoms with van der Waals surface area (Å²) in [6.45, 7) is 4.11. The summed E-state index contributed by atoms with van der Waals surface area (Å²) in [5.74, 6) is -0.116. The van der Waals surface area contributed by atoms with Gasteiger partial charge in [-0.1, -0.05) is 6.92 Å². The Morgan fingerprint density at radius 1 is 1.24 bits per heavy atom. The van der Waals surface area contributed by atoms with Gasteiger partial charge in [-0.05, 0) is 62.3 Å². The first-order valence-electron chi connectivity index (χ1n) is 10.6. The number of rotatable bonds is 9. The highest BCUT2D eigenvalue weighted by molar-refractivity contribution is 5.93. The van der Waals surface area contributed by atoms with E-state index in [0.717, 1.165) is 43.4 Å². The van der Waals surface area contributed by atoms with Crippen molar-refractivity contribution in [3.8, 4) is 0 Å². The second kappa shape index (κ2) is 8.45. The van der Waals surface area contributed by atoms with Gasteiger partial charge in [-0.3, -0.25) is 9.69 Å². The molecule has 0 bridgehead atoms. The molecule has 7 heteroatoms. The number of carboxylic acid groups (broad SMARTS) is 1. The van der Waals surface area contributed by atoms with E-state index < -0.39 is 5.97 Å². The van der Waals surface area contributed by atoms with Crippen LogP contribution in [0.2, 0.25) is 0 Å². The molecule has 7 nitrogen and oxygen atoms in total. The normalized spacial score (nSPS) is 21.2. The number of carboxylic acids is 1. The van der Waals surface area contributed by atoms with E-state index in [0.29, 0.717) is 5.92 Å². The second-order valence-electron chi connectivity index (χ2n) is 8.47. The van der Waals surface area contributed by atoms with Gasteiger partial charge in [0.15, 0.2) is 0 Å². The predicted octanol–water partition coefficient (Wildman–Crippen LogP) is 3.50. The number of amides is 2. The van der Waals surface area contributed by atoms with Crippen LogP contribution >= 0.6 is 0 Å². The molecule has 0 spiro atoms. The molecule has 2 fully saturated rings. The summed E-state index contributed by atoms with van der Waals surface area (Å²) < 4.78 is 2.22. The third-order valence-corrected chi connectivity index (χ3v) is 5.99. The number of carbonyl (C=O) groups excluding carboxylic acids is 1. The van der Waals surface area contributed by atoms with E-state index in [2.05, 4.69) is 39.3 Å². The smallest absolute Gasteiger partial charge is 0.319 e. The first-order valence-corrected chi connectivity index (χ1v) is 10.6. The Labute approximate surface area is 171 Å². The molecule has 0 radical (unpaired) electrons. The van der Waals surface area contributed by atoms with Crippen molar-refractivity contribution in [1.29, 1.82) is 0 Å². The summed E-state index contributed by atoms with van der Waals surface area (Å²) >= 11 is 0. The number of hydrogen-bond donors (Lipinski definition) is 3.